The van der Waals surface area contributed by atoms with Gasteiger partial charge in [-0.15, -0.1) is 0 Å². The number of carbonyl (C=O) groups excluding carboxylic acids is 3. The third kappa shape index (κ3) is 6.66. The number of aromatic nitrogens is 1. The summed E-state index contributed by atoms with van der Waals surface area (Å²) >= 11 is 0. The van der Waals surface area contributed by atoms with Gasteiger partial charge in [-0.1, -0.05) is 60.1 Å². The van der Waals surface area contributed by atoms with E-state index in [1.165, 1.54) is 5.57 Å². The molecule has 1 amide bonds. The average molecular weight is 746 g/mol. The Morgan fingerprint density at radius 1 is 0.981 bits per heavy atom. The van der Waals surface area contributed by atoms with Crippen molar-refractivity contribution in [1.82, 2.24) is 9.88 Å². The highest BCUT2D eigenvalue weighted by Crippen LogP contribution is 2.77. The SMILES string of the molecule is CC(C)C1=C2[C@H]3CCC4[C@@]5(C)CC[C@H](OC(=O)CC(C)(C)C(=O)O)C(C)(C)C5CC[C@@]4(C)[C@]3(C)CC[C@@]2(CCN(CC(N)=O)Cc2ccccn2)CC1=O. The third-order valence-electron chi connectivity index (χ3n) is 16.4. The molecule has 0 radical (unpaired) electrons. The zero-order chi connectivity index (χ0) is 39.6. The highest BCUT2D eigenvalue weighted by molar-refractivity contribution is 6.00. The molecule has 6 rings (SSSR count). The van der Waals surface area contributed by atoms with Gasteiger partial charge in [0.15, 0.2) is 5.78 Å². The van der Waals surface area contributed by atoms with E-state index in [2.05, 4.69) is 58.4 Å². The highest BCUT2D eigenvalue weighted by atomic mass is 16.5. The molecular formula is C45H67N3O6. The lowest BCUT2D eigenvalue weighted by atomic mass is 9.33. The molecule has 4 saturated carbocycles. The molecule has 4 fully saturated rings. The lowest BCUT2D eigenvalue weighted by molar-refractivity contribution is -0.233. The fraction of sp³-hybridized carbons (Fsp3) is 0.756. The Morgan fingerprint density at radius 2 is 1.70 bits per heavy atom. The summed E-state index contributed by atoms with van der Waals surface area (Å²) in [6.07, 6.45) is 11.0. The van der Waals surface area contributed by atoms with E-state index in [-0.39, 0.29) is 58.0 Å². The molecule has 5 aliphatic rings. The summed E-state index contributed by atoms with van der Waals surface area (Å²) in [4.78, 5) is 57.9. The molecule has 2 unspecified atom stereocenters. The molecule has 8 atom stereocenters. The number of carbonyl (C=O) groups is 4. The number of nitrogens with zero attached hydrogens (tertiary/aromatic N) is 2. The summed E-state index contributed by atoms with van der Waals surface area (Å²) in [5, 5.41) is 9.62. The van der Waals surface area contributed by atoms with Crippen LogP contribution in [0, 0.1) is 56.2 Å². The largest absolute Gasteiger partial charge is 0.481 e. The number of ether oxygens (including phenoxy) is 1. The molecule has 1 aromatic heterocycles. The summed E-state index contributed by atoms with van der Waals surface area (Å²) in [7, 11) is 0. The topological polar surface area (TPSA) is 140 Å². The molecule has 5 aliphatic carbocycles. The molecule has 0 saturated heterocycles. The van der Waals surface area contributed by atoms with Crippen LogP contribution in [0.15, 0.2) is 35.5 Å². The average Bonchev–Trinajstić information content (AvgIpc) is 3.37. The Bertz CT molecular complexity index is 1680. The Kier molecular flexibility index (Phi) is 10.6. The summed E-state index contributed by atoms with van der Waals surface area (Å²) in [5.41, 5.74) is 7.75. The predicted molar refractivity (Wildman–Crippen MR) is 209 cm³/mol. The Hall–Kier alpha value is -3.07. The van der Waals surface area contributed by atoms with Crippen LogP contribution >= 0.6 is 0 Å². The number of primary amides is 1. The van der Waals surface area contributed by atoms with Crippen LogP contribution in [0.1, 0.15) is 139 Å². The molecule has 9 nitrogen and oxygen atoms in total. The standard InChI is InChI=1S/C45H67N3O6/c1-28(2)37-31(49)24-45(21-23-48(27-35(46)50)26-29-12-10-11-22-47-29)20-19-43(8)30(38(37)45)13-14-33-42(7)17-16-34(54-36(51)25-40(3,4)39(52)53)41(5,6)32(42)15-18-44(33,43)9/h10-12,22,28,30,32-34H,13-21,23-27H2,1-9H3,(H2,46,50)(H,52,53)/t30-,32?,33?,34+,42+,43-,44-,45-/m1/s1. The number of carboxylic acid groups (broad SMARTS) is 1. The number of pyridine rings is 1. The lowest BCUT2D eigenvalue weighted by Crippen LogP contribution is -2.65. The highest BCUT2D eigenvalue weighted by Gasteiger charge is 2.70. The van der Waals surface area contributed by atoms with Crippen molar-refractivity contribution in [2.24, 2.45) is 61.9 Å². The Balaban J connectivity index is 1.27. The molecule has 0 aromatic carbocycles. The van der Waals surface area contributed by atoms with Crippen molar-refractivity contribution in [3.8, 4) is 0 Å². The number of Topliss-reactive ketones (excluding diaryl/α,β-unsaturated/α-hetero) is 1. The normalized spacial score (nSPS) is 35.9. The Morgan fingerprint density at radius 3 is 2.33 bits per heavy atom. The zero-order valence-electron chi connectivity index (χ0n) is 34.6. The van der Waals surface area contributed by atoms with E-state index in [1.54, 1.807) is 20.0 Å². The van der Waals surface area contributed by atoms with Gasteiger partial charge in [0.05, 0.1) is 24.1 Å². The number of esters is 1. The second kappa shape index (κ2) is 14.1. The second-order valence-electron chi connectivity index (χ2n) is 20.4. The van der Waals surface area contributed by atoms with E-state index in [1.807, 2.05) is 18.2 Å². The van der Waals surface area contributed by atoms with E-state index in [9.17, 15) is 24.3 Å². The van der Waals surface area contributed by atoms with E-state index in [0.717, 1.165) is 69.1 Å². The van der Waals surface area contributed by atoms with Gasteiger partial charge in [0.1, 0.15) is 6.10 Å². The minimum Gasteiger partial charge on any atom is -0.481 e. The summed E-state index contributed by atoms with van der Waals surface area (Å²) < 4.78 is 6.18. The number of nitrogens with two attached hydrogens (primary N) is 1. The van der Waals surface area contributed by atoms with Crippen molar-refractivity contribution in [2.45, 2.75) is 146 Å². The molecule has 9 heteroatoms. The summed E-state index contributed by atoms with van der Waals surface area (Å²) in [6, 6.07) is 5.85. The minimum absolute atomic E-state index is 0.0320. The maximum atomic E-state index is 14.1. The van der Waals surface area contributed by atoms with Gasteiger partial charge < -0.3 is 15.6 Å². The molecule has 0 bridgehead atoms. The van der Waals surface area contributed by atoms with Crippen LogP contribution in [-0.2, 0) is 30.5 Å². The first kappa shape index (κ1) is 40.6. The van der Waals surface area contributed by atoms with E-state index in [0.29, 0.717) is 43.0 Å². The molecular weight excluding hydrogens is 679 g/mol. The molecule has 1 heterocycles. The molecule has 54 heavy (non-hydrogen) atoms. The van der Waals surface area contributed by atoms with Crippen molar-refractivity contribution >= 4 is 23.6 Å². The van der Waals surface area contributed by atoms with Gasteiger partial charge in [-0.05, 0) is 136 Å². The quantitative estimate of drug-likeness (QED) is 0.204. The van der Waals surface area contributed by atoms with Gasteiger partial charge >= 0.3 is 11.9 Å². The van der Waals surface area contributed by atoms with Crippen LogP contribution in [0.2, 0.25) is 0 Å². The van der Waals surface area contributed by atoms with Gasteiger partial charge in [0.2, 0.25) is 5.91 Å². The number of ketones is 1. The molecule has 0 spiro atoms. The van der Waals surface area contributed by atoms with Gasteiger partial charge in [0.25, 0.3) is 0 Å². The zero-order valence-corrected chi connectivity index (χ0v) is 34.6. The predicted octanol–water partition coefficient (Wildman–Crippen LogP) is 8.15. The Labute approximate surface area is 323 Å². The number of hydrogen-bond donors (Lipinski definition) is 2. The van der Waals surface area contributed by atoms with Crippen molar-refractivity contribution in [3.63, 3.8) is 0 Å². The van der Waals surface area contributed by atoms with Crippen LogP contribution in [-0.4, -0.2) is 57.8 Å². The van der Waals surface area contributed by atoms with Crippen LogP contribution in [0.25, 0.3) is 0 Å². The fourth-order valence-corrected chi connectivity index (χ4v) is 13.4. The number of amides is 1. The summed E-state index contributed by atoms with van der Waals surface area (Å²) in [6.45, 7) is 21.2. The maximum absolute atomic E-state index is 14.1. The van der Waals surface area contributed by atoms with Crippen molar-refractivity contribution in [3.05, 3.63) is 41.2 Å². The van der Waals surface area contributed by atoms with Gasteiger partial charge in [-0.2, -0.15) is 0 Å². The fourth-order valence-electron chi connectivity index (χ4n) is 13.4. The molecule has 298 valence electrons. The van der Waals surface area contributed by atoms with Crippen molar-refractivity contribution in [2.75, 3.05) is 13.1 Å². The minimum atomic E-state index is -1.17. The van der Waals surface area contributed by atoms with Gasteiger partial charge in [-0.25, -0.2) is 0 Å². The number of aliphatic carboxylic acids is 1. The van der Waals surface area contributed by atoms with Gasteiger partial charge in [-0.3, -0.25) is 29.1 Å². The monoisotopic (exact) mass is 746 g/mol. The lowest BCUT2D eigenvalue weighted by Gasteiger charge is -2.72. The van der Waals surface area contributed by atoms with E-state index in [4.69, 9.17) is 10.5 Å². The maximum Gasteiger partial charge on any atom is 0.309 e. The van der Waals surface area contributed by atoms with E-state index >= 15 is 0 Å². The van der Waals surface area contributed by atoms with E-state index < -0.39 is 17.4 Å². The molecule has 0 aliphatic heterocycles. The summed E-state index contributed by atoms with van der Waals surface area (Å²) in [5.74, 6) is -0.0748. The number of allylic oxidation sites excluding steroid dienone is 2. The number of carboxylic acids is 1. The van der Waals surface area contributed by atoms with Crippen LogP contribution < -0.4 is 5.73 Å². The smallest absolute Gasteiger partial charge is 0.309 e. The first-order valence-electron chi connectivity index (χ1n) is 20.7. The third-order valence-corrected chi connectivity index (χ3v) is 16.4. The van der Waals surface area contributed by atoms with Crippen molar-refractivity contribution < 1.29 is 29.0 Å². The van der Waals surface area contributed by atoms with Crippen LogP contribution in [0.5, 0.6) is 0 Å². The second-order valence-corrected chi connectivity index (χ2v) is 20.4. The first-order chi connectivity index (χ1) is 25.1. The number of fused-ring (bicyclic) bond motifs is 7. The number of rotatable bonds is 12. The number of hydrogen-bond acceptors (Lipinski definition) is 7. The first-order valence-corrected chi connectivity index (χ1v) is 20.7. The molecule has 3 N–H and O–H groups in total. The van der Waals surface area contributed by atoms with Crippen LogP contribution in [0.3, 0.4) is 0 Å². The van der Waals surface area contributed by atoms with Gasteiger partial charge in [0, 0.05) is 30.0 Å². The van der Waals surface area contributed by atoms with Crippen molar-refractivity contribution in [1.29, 1.82) is 0 Å². The van der Waals surface area contributed by atoms with Crippen LogP contribution in [0.4, 0.5) is 0 Å². The molecule has 1 aromatic rings.